The van der Waals surface area contributed by atoms with Crippen LogP contribution in [0.4, 0.5) is 13.6 Å². The first-order chi connectivity index (χ1) is 7.16. The highest BCUT2D eigenvalue weighted by Crippen LogP contribution is 2.21. The van der Waals surface area contributed by atoms with E-state index in [1.54, 1.807) is 0 Å². The Labute approximate surface area is 85.0 Å². The van der Waals surface area contributed by atoms with Crippen LogP contribution in [0.2, 0.25) is 0 Å². The van der Waals surface area contributed by atoms with Crippen molar-refractivity contribution in [3.8, 4) is 0 Å². The molecule has 0 unspecified atom stereocenters. The number of amides is 1. The Bertz CT molecular complexity index is 395. The predicted octanol–water partition coefficient (Wildman–Crippen LogP) is 2.14. The Hall–Kier alpha value is -1.65. The molecule has 1 heterocycles. The van der Waals surface area contributed by atoms with Gasteiger partial charge < -0.3 is 10.1 Å². The topological polar surface area (TPSA) is 38.3 Å². The average molecular weight is 213 g/mol. The van der Waals surface area contributed by atoms with Crippen molar-refractivity contribution in [2.75, 3.05) is 6.61 Å². The van der Waals surface area contributed by atoms with Crippen LogP contribution < -0.4 is 5.32 Å². The molecule has 1 aliphatic heterocycles. The van der Waals surface area contributed by atoms with Crippen LogP contribution in [0, 0.1) is 11.6 Å². The summed E-state index contributed by atoms with van der Waals surface area (Å²) in [6.07, 6.45) is 0.0209. The number of carbonyl (C=O) groups excluding carboxylic acids is 1. The zero-order chi connectivity index (χ0) is 10.8. The SMILES string of the molecule is O=C1N[C@H](c2ccc(F)c(F)c2)CCO1. The molecule has 2 rings (SSSR count). The first-order valence-corrected chi connectivity index (χ1v) is 4.55. The van der Waals surface area contributed by atoms with Gasteiger partial charge in [-0.3, -0.25) is 0 Å². The van der Waals surface area contributed by atoms with Gasteiger partial charge >= 0.3 is 6.09 Å². The predicted molar refractivity (Wildman–Crippen MR) is 48.2 cm³/mol. The Morgan fingerprint density at radius 1 is 1.33 bits per heavy atom. The van der Waals surface area contributed by atoms with Crippen LogP contribution in [0.3, 0.4) is 0 Å². The molecular weight excluding hydrogens is 204 g/mol. The molecule has 1 aliphatic rings. The summed E-state index contributed by atoms with van der Waals surface area (Å²) in [6.45, 7) is 0.287. The van der Waals surface area contributed by atoms with Gasteiger partial charge in [0.2, 0.25) is 0 Å². The van der Waals surface area contributed by atoms with E-state index in [9.17, 15) is 13.6 Å². The maximum absolute atomic E-state index is 12.9. The van der Waals surface area contributed by atoms with E-state index in [-0.39, 0.29) is 12.6 Å². The lowest BCUT2D eigenvalue weighted by Crippen LogP contribution is -2.35. The first-order valence-electron chi connectivity index (χ1n) is 4.55. The van der Waals surface area contributed by atoms with E-state index < -0.39 is 17.7 Å². The minimum Gasteiger partial charge on any atom is -0.449 e. The number of nitrogens with one attached hydrogen (secondary N) is 1. The van der Waals surface area contributed by atoms with Gasteiger partial charge in [0, 0.05) is 6.42 Å². The van der Waals surface area contributed by atoms with Crippen molar-refractivity contribution >= 4 is 6.09 Å². The number of halogens is 2. The standard InChI is InChI=1S/C10H9F2NO2/c11-7-2-1-6(5-8(7)12)9-3-4-15-10(14)13-9/h1-2,5,9H,3-4H2,(H,13,14)/t9-/m0/s1. The zero-order valence-electron chi connectivity index (χ0n) is 7.80. The van der Waals surface area contributed by atoms with Gasteiger partial charge in [-0.1, -0.05) is 6.07 Å². The minimum absolute atomic E-state index is 0.287. The van der Waals surface area contributed by atoms with Crippen LogP contribution in [0.1, 0.15) is 18.0 Å². The van der Waals surface area contributed by atoms with Crippen molar-refractivity contribution in [1.82, 2.24) is 5.32 Å². The van der Waals surface area contributed by atoms with Gasteiger partial charge in [-0.25, -0.2) is 13.6 Å². The van der Waals surface area contributed by atoms with Gasteiger partial charge in [0.05, 0.1) is 12.6 Å². The molecule has 80 valence electrons. The number of benzene rings is 1. The monoisotopic (exact) mass is 213 g/mol. The van der Waals surface area contributed by atoms with Gasteiger partial charge in [0.1, 0.15) is 0 Å². The van der Waals surface area contributed by atoms with Crippen molar-refractivity contribution in [1.29, 1.82) is 0 Å². The fraction of sp³-hybridized carbons (Fsp3) is 0.300. The van der Waals surface area contributed by atoms with Gasteiger partial charge in [-0.05, 0) is 17.7 Å². The third-order valence-corrected chi connectivity index (χ3v) is 2.28. The van der Waals surface area contributed by atoms with Crippen molar-refractivity contribution in [3.63, 3.8) is 0 Å². The third-order valence-electron chi connectivity index (χ3n) is 2.28. The number of rotatable bonds is 1. The fourth-order valence-corrected chi connectivity index (χ4v) is 1.50. The van der Waals surface area contributed by atoms with E-state index in [0.29, 0.717) is 12.0 Å². The molecule has 1 atom stereocenters. The molecule has 1 aromatic carbocycles. The summed E-state index contributed by atoms with van der Waals surface area (Å²) in [6, 6.07) is 3.29. The molecule has 1 aromatic rings. The second-order valence-electron chi connectivity index (χ2n) is 3.30. The lowest BCUT2D eigenvalue weighted by molar-refractivity contribution is 0.115. The molecule has 0 radical (unpaired) electrons. The van der Waals surface area contributed by atoms with Crippen LogP contribution in [-0.4, -0.2) is 12.7 Å². The van der Waals surface area contributed by atoms with Crippen LogP contribution in [0.25, 0.3) is 0 Å². The number of hydrogen-bond donors (Lipinski definition) is 1. The molecule has 5 heteroatoms. The minimum atomic E-state index is -0.909. The molecule has 1 fully saturated rings. The average Bonchev–Trinajstić information content (AvgIpc) is 2.22. The second-order valence-corrected chi connectivity index (χ2v) is 3.30. The van der Waals surface area contributed by atoms with E-state index in [2.05, 4.69) is 10.1 Å². The van der Waals surface area contributed by atoms with Crippen molar-refractivity contribution in [2.24, 2.45) is 0 Å². The maximum atomic E-state index is 12.9. The number of hydrogen-bond acceptors (Lipinski definition) is 2. The lowest BCUT2D eigenvalue weighted by Gasteiger charge is -2.23. The second kappa shape index (κ2) is 3.84. The van der Waals surface area contributed by atoms with E-state index in [1.807, 2.05) is 0 Å². The van der Waals surface area contributed by atoms with E-state index in [4.69, 9.17) is 0 Å². The Morgan fingerprint density at radius 2 is 2.13 bits per heavy atom. The summed E-state index contributed by atoms with van der Waals surface area (Å²) < 4.78 is 30.2. The molecule has 15 heavy (non-hydrogen) atoms. The summed E-state index contributed by atoms with van der Waals surface area (Å²) in [7, 11) is 0. The Kier molecular flexibility index (Phi) is 2.53. The summed E-state index contributed by atoms with van der Waals surface area (Å²) in [4.78, 5) is 10.9. The highest BCUT2D eigenvalue weighted by atomic mass is 19.2. The smallest absolute Gasteiger partial charge is 0.407 e. The van der Waals surface area contributed by atoms with Gasteiger partial charge in [0.15, 0.2) is 11.6 Å². The van der Waals surface area contributed by atoms with Crippen LogP contribution in [-0.2, 0) is 4.74 Å². The molecule has 0 spiro atoms. The van der Waals surface area contributed by atoms with E-state index in [1.165, 1.54) is 6.07 Å². The molecule has 3 nitrogen and oxygen atoms in total. The quantitative estimate of drug-likeness (QED) is 0.776. The Morgan fingerprint density at radius 3 is 2.80 bits per heavy atom. The lowest BCUT2D eigenvalue weighted by atomic mass is 10.0. The molecule has 0 aromatic heterocycles. The Balaban J connectivity index is 2.21. The first kappa shape index (κ1) is 9.89. The van der Waals surface area contributed by atoms with E-state index >= 15 is 0 Å². The summed E-state index contributed by atoms with van der Waals surface area (Å²) >= 11 is 0. The van der Waals surface area contributed by atoms with Crippen molar-refractivity contribution in [3.05, 3.63) is 35.4 Å². The van der Waals surface area contributed by atoms with Gasteiger partial charge in [-0.2, -0.15) is 0 Å². The maximum Gasteiger partial charge on any atom is 0.407 e. The molecule has 1 saturated heterocycles. The number of alkyl carbamates (subject to hydrolysis) is 1. The van der Waals surface area contributed by atoms with Gasteiger partial charge in [0.25, 0.3) is 0 Å². The van der Waals surface area contributed by atoms with Crippen molar-refractivity contribution < 1.29 is 18.3 Å². The largest absolute Gasteiger partial charge is 0.449 e. The van der Waals surface area contributed by atoms with Crippen LogP contribution >= 0.6 is 0 Å². The zero-order valence-corrected chi connectivity index (χ0v) is 7.80. The number of carbonyl (C=O) groups is 1. The third kappa shape index (κ3) is 2.06. The highest BCUT2D eigenvalue weighted by molar-refractivity contribution is 5.68. The normalized spacial score (nSPS) is 20.7. The van der Waals surface area contributed by atoms with Gasteiger partial charge in [-0.15, -0.1) is 0 Å². The summed E-state index contributed by atoms with van der Waals surface area (Å²) in [5, 5.41) is 2.53. The molecule has 0 saturated carbocycles. The molecular formula is C10H9F2NO2. The van der Waals surface area contributed by atoms with E-state index in [0.717, 1.165) is 12.1 Å². The fourth-order valence-electron chi connectivity index (χ4n) is 1.50. The molecule has 1 amide bonds. The molecule has 1 N–H and O–H groups in total. The highest BCUT2D eigenvalue weighted by Gasteiger charge is 2.21. The van der Waals surface area contributed by atoms with Crippen molar-refractivity contribution in [2.45, 2.75) is 12.5 Å². The van der Waals surface area contributed by atoms with Crippen LogP contribution in [0.15, 0.2) is 18.2 Å². The molecule has 0 bridgehead atoms. The molecule has 0 aliphatic carbocycles. The number of ether oxygens (including phenoxy) is 1. The summed E-state index contributed by atoms with van der Waals surface area (Å²) in [5.74, 6) is -1.80. The van der Waals surface area contributed by atoms with Crippen LogP contribution in [0.5, 0.6) is 0 Å². The number of cyclic esters (lactones) is 1. The summed E-state index contributed by atoms with van der Waals surface area (Å²) in [5.41, 5.74) is 0.547.